The van der Waals surface area contributed by atoms with E-state index in [1.807, 2.05) is 0 Å². The van der Waals surface area contributed by atoms with Crippen LogP contribution in [0.15, 0.2) is 0 Å². The van der Waals surface area contributed by atoms with Crippen LogP contribution in [0.1, 0.15) is 19.3 Å². The molecule has 9 nitrogen and oxygen atoms in total. The summed E-state index contributed by atoms with van der Waals surface area (Å²) in [5.74, 6) is 0. The first-order valence-corrected chi connectivity index (χ1v) is 8.74. The first-order chi connectivity index (χ1) is 11.5. The van der Waals surface area contributed by atoms with Crippen molar-refractivity contribution in [2.75, 3.05) is 59.5 Å². The van der Waals surface area contributed by atoms with Gasteiger partial charge in [0.1, 0.15) is 0 Å². The van der Waals surface area contributed by atoms with Crippen LogP contribution in [-0.2, 0) is 0 Å². The normalized spacial score (nSPS) is 21.8. The van der Waals surface area contributed by atoms with Gasteiger partial charge >= 0.3 is 0 Å². The predicted octanol–water partition coefficient (Wildman–Crippen LogP) is -3.09. The summed E-state index contributed by atoms with van der Waals surface area (Å²) in [6.07, 6.45) is 1.72. The summed E-state index contributed by atoms with van der Waals surface area (Å²) in [6, 6.07) is -0.225. The Labute approximate surface area is 145 Å². The zero-order valence-electron chi connectivity index (χ0n) is 14.6. The Bertz CT molecular complexity index is 272. The van der Waals surface area contributed by atoms with Gasteiger partial charge in [-0.15, -0.1) is 0 Å². The second kappa shape index (κ2) is 12.1. The minimum absolute atomic E-state index is 0.0750. The Kier molecular flexibility index (Phi) is 10.9. The summed E-state index contributed by atoms with van der Waals surface area (Å²) in [5, 5.41) is 27.1. The van der Waals surface area contributed by atoms with Gasteiger partial charge in [0.05, 0.1) is 20.0 Å². The molecule has 3 unspecified atom stereocenters. The monoisotopic (exact) mass is 348 g/mol. The Hall–Kier alpha value is -0.360. The van der Waals surface area contributed by atoms with Gasteiger partial charge in [0.2, 0.25) is 0 Å². The summed E-state index contributed by atoms with van der Waals surface area (Å²) < 4.78 is 0. The number of hydrogen-bond acceptors (Lipinski definition) is 9. The Morgan fingerprint density at radius 1 is 0.583 bits per heavy atom. The highest BCUT2D eigenvalue weighted by Crippen LogP contribution is 2.10. The van der Waals surface area contributed by atoms with Crippen LogP contribution >= 0.6 is 0 Å². The number of rotatable bonds is 12. The minimum Gasteiger partial charge on any atom is -0.396 e. The van der Waals surface area contributed by atoms with Gasteiger partial charge in [-0.3, -0.25) is 14.7 Å². The van der Waals surface area contributed by atoms with Crippen molar-refractivity contribution in [2.45, 2.75) is 37.4 Å². The number of aliphatic hydroxyl groups is 3. The average molecular weight is 348 g/mol. The lowest BCUT2D eigenvalue weighted by Crippen LogP contribution is -2.60. The number of aliphatic hydroxyl groups excluding tert-OH is 3. The summed E-state index contributed by atoms with van der Waals surface area (Å²) in [6.45, 7) is 4.60. The number of nitrogens with zero attached hydrogens (tertiary/aromatic N) is 3. The van der Waals surface area contributed by atoms with Crippen LogP contribution in [0.2, 0.25) is 0 Å². The van der Waals surface area contributed by atoms with Crippen molar-refractivity contribution in [2.24, 2.45) is 17.2 Å². The quantitative estimate of drug-likeness (QED) is 0.216. The summed E-state index contributed by atoms with van der Waals surface area (Å²) in [4.78, 5) is 6.67. The lowest BCUT2D eigenvalue weighted by molar-refractivity contribution is -0.0381. The molecule has 0 amide bonds. The maximum atomic E-state index is 9.03. The van der Waals surface area contributed by atoms with E-state index in [9.17, 15) is 0 Å². The van der Waals surface area contributed by atoms with Crippen LogP contribution < -0.4 is 17.2 Å². The molecule has 1 rings (SSSR count). The van der Waals surface area contributed by atoms with E-state index in [-0.39, 0.29) is 37.9 Å². The highest BCUT2D eigenvalue weighted by molar-refractivity contribution is 4.78. The maximum absolute atomic E-state index is 9.03. The zero-order chi connectivity index (χ0) is 17.9. The Morgan fingerprint density at radius 3 is 1.04 bits per heavy atom. The van der Waals surface area contributed by atoms with E-state index >= 15 is 0 Å². The molecule has 0 saturated carbocycles. The highest BCUT2D eigenvalue weighted by Gasteiger charge is 2.26. The fourth-order valence-electron chi connectivity index (χ4n) is 3.10. The number of nitrogens with two attached hydrogens (primary N) is 3. The molecule has 1 aliphatic rings. The summed E-state index contributed by atoms with van der Waals surface area (Å²) >= 11 is 0. The van der Waals surface area contributed by atoms with E-state index in [0.717, 1.165) is 20.0 Å². The fraction of sp³-hybridized carbons (Fsp3) is 1.00. The molecule has 0 bridgehead atoms. The SMILES string of the molecule is NC(CCO)CN1CN(CC(N)CCO)CN(CC(N)CCO)C1. The van der Waals surface area contributed by atoms with Crippen molar-refractivity contribution in [1.82, 2.24) is 14.7 Å². The molecule has 3 atom stereocenters. The van der Waals surface area contributed by atoms with Crippen LogP contribution in [0.5, 0.6) is 0 Å². The van der Waals surface area contributed by atoms with Crippen LogP contribution in [0, 0.1) is 0 Å². The second-order valence-electron chi connectivity index (χ2n) is 6.80. The molecule has 9 N–H and O–H groups in total. The van der Waals surface area contributed by atoms with Crippen LogP contribution in [0.3, 0.4) is 0 Å². The third kappa shape index (κ3) is 8.65. The minimum atomic E-state index is -0.0750. The first kappa shape index (κ1) is 21.7. The van der Waals surface area contributed by atoms with E-state index < -0.39 is 0 Å². The summed E-state index contributed by atoms with van der Waals surface area (Å²) in [5.41, 5.74) is 18.1. The topological polar surface area (TPSA) is 148 Å². The van der Waals surface area contributed by atoms with Gasteiger partial charge in [0.25, 0.3) is 0 Å². The molecule has 0 aliphatic carbocycles. The van der Waals surface area contributed by atoms with Crippen molar-refractivity contribution in [3.8, 4) is 0 Å². The summed E-state index contributed by atoms with van der Waals surface area (Å²) in [7, 11) is 0. The molecule has 24 heavy (non-hydrogen) atoms. The van der Waals surface area contributed by atoms with E-state index in [4.69, 9.17) is 32.5 Å². The van der Waals surface area contributed by atoms with Crippen molar-refractivity contribution >= 4 is 0 Å². The lowest BCUT2D eigenvalue weighted by atomic mass is 10.2. The van der Waals surface area contributed by atoms with Gasteiger partial charge in [-0.25, -0.2) is 0 Å². The van der Waals surface area contributed by atoms with Crippen molar-refractivity contribution in [3.05, 3.63) is 0 Å². The molecule has 144 valence electrons. The predicted molar refractivity (Wildman–Crippen MR) is 93.8 cm³/mol. The molecule has 9 heteroatoms. The Balaban J connectivity index is 2.59. The largest absolute Gasteiger partial charge is 0.396 e. The maximum Gasteiger partial charge on any atom is 0.0531 e. The van der Waals surface area contributed by atoms with Crippen LogP contribution in [0.4, 0.5) is 0 Å². The average Bonchev–Trinajstić information content (AvgIpc) is 2.47. The fourth-order valence-corrected chi connectivity index (χ4v) is 3.10. The molecule has 0 spiro atoms. The van der Waals surface area contributed by atoms with Crippen LogP contribution in [-0.4, -0.2) is 108 Å². The van der Waals surface area contributed by atoms with Gasteiger partial charge in [-0.2, -0.15) is 0 Å². The molecule has 0 radical (unpaired) electrons. The molecule has 0 aromatic rings. The molecule has 1 fully saturated rings. The molecule has 0 aromatic carbocycles. The van der Waals surface area contributed by atoms with E-state index in [0.29, 0.717) is 38.9 Å². The van der Waals surface area contributed by atoms with Crippen molar-refractivity contribution in [3.63, 3.8) is 0 Å². The van der Waals surface area contributed by atoms with Crippen molar-refractivity contribution < 1.29 is 15.3 Å². The molecule has 1 aliphatic heterocycles. The Morgan fingerprint density at radius 2 is 0.833 bits per heavy atom. The second-order valence-corrected chi connectivity index (χ2v) is 6.80. The van der Waals surface area contributed by atoms with Gasteiger partial charge < -0.3 is 32.5 Å². The molecular formula is C15H36N6O3. The third-order valence-corrected chi connectivity index (χ3v) is 4.18. The molecule has 1 saturated heterocycles. The van der Waals surface area contributed by atoms with Gasteiger partial charge in [0.15, 0.2) is 0 Å². The first-order valence-electron chi connectivity index (χ1n) is 8.74. The zero-order valence-corrected chi connectivity index (χ0v) is 14.6. The third-order valence-electron chi connectivity index (χ3n) is 4.18. The molecule has 1 heterocycles. The highest BCUT2D eigenvalue weighted by atomic mass is 16.3. The molecule has 0 aromatic heterocycles. The standard InChI is InChI=1S/C15H36N6O3/c16-13(1-4-22)7-19-10-20(8-14(17)2-5-23)12-21(11-19)9-15(18)3-6-24/h13-15,22-24H,1-12,16-18H2. The van der Waals surface area contributed by atoms with Gasteiger partial charge in [-0.1, -0.05) is 0 Å². The van der Waals surface area contributed by atoms with Crippen molar-refractivity contribution in [1.29, 1.82) is 0 Å². The smallest absolute Gasteiger partial charge is 0.0531 e. The van der Waals surface area contributed by atoms with Gasteiger partial charge in [0, 0.05) is 57.6 Å². The number of hydrogen-bond donors (Lipinski definition) is 6. The van der Waals surface area contributed by atoms with E-state index in [2.05, 4.69) is 14.7 Å². The lowest BCUT2D eigenvalue weighted by Gasteiger charge is -2.44. The van der Waals surface area contributed by atoms with Crippen LogP contribution in [0.25, 0.3) is 0 Å². The van der Waals surface area contributed by atoms with E-state index in [1.54, 1.807) is 0 Å². The van der Waals surface area contributed by atoms with Gasteiger partial charge in [-0.05, 0) is 19.3 Å². The van der Waals surface area contributed by atoms with E-state index in [1.165, 1.54) is 0 Å². The molecular weight excluding hydrogens is 312 g/mol.